The molecule has 0 aliphatic heterocycles. The predicted molar refractivity (Wildman–Crippen MR) is 31.8 cm³/mol. The number of hydrogen-bond donors (Lipinski definition) is 0. The Balaban J connectivity index is 2.77. The van der Waals surface area contributed by atoms with Gasteiger partial charge < -0.3 is 0 Å². The van der Waals surface area contributed by atoms with E-state index < -0.39 is 0 Å². The van der Waals surface area contributed by atoms with E-state index in [0.717, 1.165) is 0 Å². The van der Waals surface area contributed by atoms with Crippen molar-refractivity contribution in [2.24, 2.45) is 5.10 Å². The molecule has 0 atom stereocenters. The van der Waals surface area contributed by atoms with Crippen LogP contribution in [0.1, 0.15) is 6.92 Å². The van der Waals surface area contributed by atoms with Crippen molar-refractivity contribution >= 4 is 6.21 Å². The van der Waals surface area contributed by atoms with Gasteiger partial charge in [-0.15, -0.1) is 0 Å². The predicted octanol–water partition coefficient (Wildman–Crippen LogP) is 0.737. The van der Waals surface area contributed by atoms with Crippen LogP contribution in [0.3, 0.4) is 0 Å². The van der Waals surface area contributed by atoms with Gasteiger partial charge in [-0.3, -0.25) is 0 Å². The van der Waals surface area contributed by atoms with E-state index in [2.05, 4.69) is 10.2 Å². The minimum absolute atomic E-state index is 1.50. The zero-order chi connectivity index (χ0) is 5.82. The molecule has 0 unspecified atom stereocenters. The van der Waals surface area contributed by atoms with Crippen LogP contribution in [0.25, 0.3) is 0 Å². The van der Waals surface area contributed by atoms with Crippen LogP contribution in [0, 0.1) is 0 Å². The van der Waals surface area contributed by atoms with Crippen LogP contribution in [-0.4, -0.2) is 16.1 Å². The van der Waals surface area contributed by atoms with E-state index in [1.54, 1.807) is 18.6 Å². The van der Waals surface area contributed by atoms with Gasteiger partial charge in [0.2, 0.25) is 0 Å². The molecule has 42 valence electrons. The van der Waals surface area contributed by atoms with E-state index in [-0.39, 0.29) is 0 Å². The van der Waals surface area contributed by atoms with Gasteiger partial charge in [-0.25, -0.2) is 0 Å². The molecule has 3 heteroatoms. The van der Waals surface area contributed by atoms with E-state index in [0.29, 0.717) is 0 Å². The van der Waals surface area contributed by atoms with Crippen molar-refractivity contribution in [3.63, 3.8) is 0 Å². The molecule has 0 aromatic carbocycles. The van der Waals surface area contributed by atoms with Crippen molar-refractivity contribution in [2.75, 3.05) is 0 Å². The number of hydrogen-bond acceptors (Lipinski definition) is 2. The topological polar surface area (TPSA) is 30.2 Å². The standard InChI is InChI=1S/C5H7N3/c1-2-6-8-5-3-4-7-8/h2-5H,1H3. The van der Waals surface area contributed by atoms with Gasteiger partial charge >= 0.3 is 0 Å². The first kappa shape index (κ1) is 5.03. The fourth-order valence-electron chi connectivity index (χ4n) is 0.447. The summed E-state index contributed by atoms with van der Waals surface area (Å²) in [6, 6.07) is 1.83. The molecule has 0 amide bonds. The summed E-state index contributed by atoms with van der Waals surface area (Å²) < 4.78 is 0. The highest BCUT2D eigenvalue weighted by Gasteiger charge is 1.76. The van der Waals surface area contributed by atoms with Crippen LogP contribution in [0.4, 0.5) is 0 Å². The molecule has 3 nitrogen and oxygen atoms in total. The van der Waals surface area contributed by atoms with Crippen molar-refractivity contribution in [1.29, 1.82) is 0 Å². The lowest BCUT2D eigenvalue weighted by Crippen LogP contribution is -1.85. The van der Waals surface area contributed by atoms with Gasteiger partial charge in [0, 0.05) is 6.21 Å². The first-order chi connectivity index (χ1) is 3.93. The third-order valence-corrected chi connectivity index (χ3v) is 0.724. The Bertz CT molecular complexity index is 164. The molecule has 0 spiro atoms. The maximum absolute atomic E-state index is 3.85. The smallest absolute Gasteiger partial charge is 0.0511 e. The Labute approximate surface area is 47.6 Å². The van der Waals surface area contributed by atoms with Gasteiger partial charge in [-0.1, -0.05) is 0 Å². The largest absolute Gasteiger partial charge is 0.164 e. The van der Waals surface area contributed by atoms with Crippen LogP contribution in [0.5, 0.6) is 0 Å². The van der Waals surface area contributed by atoms with Crippen molar-refractivity contribution in [1.82, 2.24) is 9.89 Å². The Kier molecular flexibility index (Phi) is 1.42. The first-order valence-electron chi connectivity index (χ1n) is 2.42. The van der Waals surface area contributed by atoms with Crippen molar-refractivity contribution in [3.8, 4) is 0 Å². The third-order valence-electron chi connectivity index (χ3n) is 0.724. The van der Waals surface area contributed by atoms with E-state index >= 15 is 0 Å². The van der Waals surface area contributed by atoms with Crippen LogP contribution in [-0.2, 0) is 0 Å². The minimum atomic E-state index is 1.50. The molecular weight excluding hydrogens is 102 g/mol. The molecule has 0 N–H and O–H groups in total. The lowest BCUT2D eigenvalue weighted by Gasteiger charge is -1.82. The summed E-state index contributed by atoms with van der Waals surface area (Å²) >= 11 is 0. The Morgan fingerprint density at radius 1 is 1.75 bits per heavy atom. The Morgan fingerprint density at radius 3 is 3.12 bits per heavy atom. The fraction of sp³-hybridized carbons (Fsp3) is 0.200. The summed E-state index contributed by atoms with van der Waals surface area (Å²) in [5.41, 5.74) is 0. The van der Waals surface area contributed by atoms with Gasteiger partial charge in [0.05, 0.1) is 12.4 Å². The molecule has 0 fully saturated rings. The molecule has 0 aliphatic carbocycles. The normalized spacial score (nSPS) is 10.6. The molecule has 0 bridgehead atoms. The zero-order valence-electron chi connectivity index (χ0n) is 4.65. The summed E-state index contributed by atoms with van der Waals surface area (Å²) in [5.74, 6) is 0. The molecule has 0 saturated carbocycles. The van der Waals surface area contributed by atoms with Crippen molar-refractivity contribution in [3.05, 3.63) is 18.5 Å². The number of rotatable bonds is 1. The third kappa shape index (κ3) is 0.932. The van der Waals surface area contributed by atoms with Gasteiger partial charge in [0.25, 0.3) is 0 Å². The summed E-state index contributed by atoms with van der Waals surface area (Å²) in [5, 5.41) is 7.67. The van der Waals surface area contributed by atoms with Gasteiger partial charge in [-0.2, -0.15) is 15.0 Å². The summed E-state index contributed by atoms with van der Waals surface area (Å²) in [4.78, 5) is 1.50. The van der Waals surface area contributed by atoms with E-state index in [4.69, 9.17) is 0 Å². The highest BCUT2D eigenvalue weighted by Crippen LogP contribution is 1.79. The van der Waals surface area contributed by atoms with Crippen LogP contribution >= 0.6 is 0 Å². The second kappa shape index (κ2) is 2.26. The van der Waals surface area contributed by atoms with Crippen LogP contribution in [0.2, 0.25) is 0 Å². The molecule has 1 heterocycles. The molecule has 0 saturated heterocycles. The molecular formula is C5H7N3. The second-order valence-electron chi connectivity index (χ2n) is 1.30. The molecule has 1 rings (SSSR count). The zero-order valence-corrected chi connectivity index (χ0v) is 4.65. The summed E-state index contributed by atoms with van der Waals surface area (Å²) in [6.07, 6.45) is 5.15. The van der Waals surface area contributed by atoms with E-state index in [1.165, 1.54) is 4.79 Å². The van der Waals surface area contributed by atoms with Crippen LogP contribution in [0.15, 0.2) is 23.6 Å². The Hall–Kier alpha value is -1.12. The van der Waals surface area contributed by atoms with Crippen LogP contribution < -0.4 is 0 Å². The fourth-order valence-corrected chi connectivity index (χ4v) is 0.447. The minimum Gasteiger partial charge on any atom is -0.164 e. The molecule has 0 radical (unpaired) electrons. The van der Waals surface area contributed by atoms with Crippen molar-refractivity contribution < 1.29 is 0 Å². The molecule has 0 aliphatic rings. The Morgan fingerprint density at radius 2 is 2.62 bits per heavy atom. The van der Waals surface area contributed by atoms with Gasteiger partial charge in [-0.05, 0) is 13.0 Å². The highest BCUT2D eigenvalue weighted by atomic mass is 15.5. The molecule has 8 heavy (non-hydrogen) atoms. The summed E-state index contributed by atoms with van der Waals surface area (Å²) in [7, 11) is 0. The second-order valence-corrected chi connectivity index (χ2v) is 1.30. The molecule has 1 aromatic rings. The monoisotopic (exact) mass is 109 g/mol. The summed E-state index contributed by atoms with van der Waals surface area (Å²) in [6.45, 7) is 1.85. The van der Waals surface area contributed by atoms with Gasteiger partial charge in [0.1, 0.15) is 0 Å². The number of aromatic nitrogens is 2. The lowest BCUT2D eigenvalue weighted by atomic mass is 10.8. The average Bonchev–Trinajstić information content (AvgIpc) is 2.19. The van der Waals surface area contributed by atoms with E-state index in [9.17, 15) is 0 Å². The lowest BCUT2D eigenvalue weighted by molar-refractivity contribution is 0.744. The maximum Gasteiger partial charge on any atom is 0.0511 e. The quantitative estimate of drug-likeness (QED) is 0.489. The van der Waals surface area contributed by atoms with E-state index in [1.807, 2.05) is 13.0 Å². The first-order valence-corrected chi connectivity index (χ1v) is 2.42. The average molecular weight is 109 g/mol. The maximum atomic E-state index is 3.85. The molecule has 1 aromatic heterocycles. The highest BCUT2D eigenvalue weighted by molar-refractivity contribution is 5.52. The number of nitrogens with zero attached hydrogens (tertiary/aromatic N) is 3. The van der Waals surface area contributed by atoms with Crippen molar-refractivity contribution in [2.45, 2.75) is 6.92 Å². The van der Waals surface area contributed by atoms with Gasteiger partial charge in [0.15, 0.2) is 0 Å². The SMILES string of the molecule is CC=Nn1cccn1.